The van der Waals surface area contributed by atoms with Gasteiger partial charge < -0.3 is 80.1 Å². The molecule has 2 fully saturated rings. The number of aromatic nitrogens is 3. The first-order valence-corrected chi connectivity index (χ1v) is 36.6. The molecule has 0 bridgehead atoms. The molecular weight excluding hydrogens is 1400 g/mol. The van der Waals surface area contributed by atoms with Crippen molar-refractivity contribution in [1.29, 1.82) is 0 Å². The van der Waals surface area contributed by atoms with Crippen molar-refractivity contribution in [2.75, 3.05) is 81.2 Å². The number of rotatable bonds is 27. The van der Waals surface area contributed by atoms with Crippen LogP contribution in [0.3, 0.4) is 0 Å². The average Bonchev–Trinajstić information content (AvgIpc) is 1.57. The normalized spacial score (nSPS) is 17.4. The largest absolute Gasteiger partial charge is 0.497 e. The zero-order valence-corrected chi connectivity index (χ0v) is 61.8. The smallest absolute Gasteiger partial charge is 0.416 e. The lowest BCUT2D eigenvalue weighted by atomic mass is 9.95. The number of benzene rings is 6. The number of unbranched alkanes of at least 4 members (excludes halogenated alkanes) is 2. The number of aliphatic hydroxyl groups excluding tert-OH is 1. The van der Waals surface area contributed by atoms with E-state index < -0.39 is 79.0 Å². The molecule has 29 heteroatoms. The predicted molar refractivity (Wildman–Crippen MR) is 402 cm³/mol. The van der Waals surface area contributed by atoms with E-state index in [2.05, 4.69) is 42.2 Å². The Morgan fingerprint density at radius 1 is 0.688 bits per heavy atom. The van der Waals surface area contributed by atoms with Gasteiger partial charge >= 0.3 is 6.09 Å². The number of methoxy groups -OCH3 is 3. The van der Waals surface area contributed by atoms with Crippen LogP contribution in [0.25, 0.3) is 28.1 Å². The molecule has 1 saturated heterocycles. The summed E-state index contributed by atoms with van der Waals surface area (Å²) >= 11 is 0. The van der Waals surface area contributed by atoms with Crippen molar-refractivity contribution in [2.45, 2.75) is 122 Å². The standard InChI is InChI=1S/C80H89N13O16/c1-46(2)71(86-69(96)41-83-68(95)40-82-67(94)27-28-70(97)91-42-50-15-9-10-16-55(50)72-73(89(4)88-87-72)56-17-11-12-18-60(56)91)75(99)84-47(3)74(98)85-52-23-19-48(20-24-52)44-109-79(103)93-61-37-66(64(106-7)35-58(61)77(101)92-45-80(29-30-80)38-62(92)78(93)102)108-32-14-8-13-31-107-65-36-59-57(34-63(65)105-6)76(100)90-43-51(33-53(90)39-81-59)49-21-25-54(104-5)26-22-49/h9-12,15-26,34-37,43,46-47,53,62,71,78,81,102H,8,13-14,27-33,38-42,44-45H2,1-7H3,(H,82,94)(H,83,95)(H,84,99)(H,85,98)(H,86,96)/t47-,53-,62-,71-,78-/m0/s1. The van der Waals surface area contributed by atoms with Gasteiger partial charge in [0.25, 0.3) is 11.8 Å². The monoisotopic (exact) mass is 1490 g/mol. The Balaban J connectivity index is 0.557. The molecule has 6 heterocycles. The van der Waals surface area contributed by atoms with E-state index in [1.54, 1.807) is 77.7 Å². The molecule has 1 saturated carbocycles. The van der Waals surface area contributed by atoms with Crippen LogP contribution in [0, 0.1) is 11.3 Å². The second kappa shape index (κ2) is 32.6. The van der Waals surface area contributed by atoms with Crippen LogP contribution in [0.1, 0.15) is 116 Å². The predicted octanol–water partition coefficient (Wildman–Crippen LogP) is 8.10. The first-order chi connectivity index (χ1) is 52.6. The lowest BCUT2D eigenvalue weighted by molar-refractivity contribution is -0.132. The van der Waals surface area contributed by atoms with Gasteiger partial charge in [-0.15, -0.1) is 5.10 Å². The number of hydrogen-bond acceptors (Lipinski definition) is 19. The molecule has 7 N–H and O–H groups in total. The number of ether oxygens (including phenoxy) is 6. The summed E-state index contributed by atoms with van der Waals surface area (Å²) in [6.45, 7) is 5.34. The number of amides is 9. The lowest BCUT2D eigenvalue weighted by Gasteiger charge is -2.31. The molecule has 109 heavy (non-hydrogen) atoms. The van der Waals surface area contributed by atoms with Gasteiger partial charge in [-0.25, -0.2) is 14.4 Å². The number of nitrogens with one attached hydrogen (secondary N) is 6. The first kappa shape index (κ1) is 75.2. The third-order valence-electron chi connectivity index (χ3n) is 20.8. The number of aliphatic hydroxyl groups is 1. The second-order valence-corrected chi connectivity index (χ2v) is 28.5. The first-order valence-electron chi connectivity index (χ1n) is 36.6. The number of para-hydroxylation sites is 1. The second-order valence-electron chi connectivity index (χ2n) is 28.5. The highest BCUT2D eigenvalue weighted by Crippen LogP contribution is 2.57. The Labute approximate surface area is 629 Å². The van der Waals surface area contributed by atoms with Crippen LogP contribution in [0.4, 0.5) is 27.5 Å². The van der Waals surface area contributed by atoms with Crippen molar-refractivity contribution in [2.24, 2.45) is 18.4 Å². The van der Waals surface area contributed by atoms with Crippen LogP contribution in [0.15, 0.2) is 128 Å². The van der Waals surface area contributed by atoms with Crippen LogP contribution in [-0.4, -0.2) is 174 Å². The molecule has 29 nitrogen and oxygen atoms in total. The summed E-state index contributed by atoms with van der Waals surface area (Å²) in [4.78, 5) is 129. The fraction of sp³-hybridized carbons (Fsp3) is 0.388. The minimum atomic E-state index is -1.48. The summed E-state index contributed by atoms with van der Waals surface area (Å²) in [6, 6.07) is 32.8. The summed E-state index contributed by atoms with van der Waals surface area (Å²) in [7, 11) is 6.41. The summed E-state index contributed by atoms with van der Waals surface area (Å²) in [5, 5.41) is 37.3. The Morgan fingerprint density at radius 3 is 2.07 bits per heavy atom. The molecule has 570 valence electrons. The summed E-state index contributed by atoms with van der Waals surface area (Å²) in [5.74, 6) is -2.28. The van der Waals surface area contributed by atoms with E-state index >= 15 is 0 Å². The Hall–Kier alpha value is -12.0. The van der Waals surface area contributed by atoms with Crippen LogP contribution in [0.5, 0.6) is 28.7 Å². The summed E-state index contributed by atoms with van der Waals surface area (Å²) in [6.07, 6.45) is 4.03. The van der Waals surface area contributed by atoms with Crippen LogP contribution in [-0.2, 0) is 53.7 Å². The highest BCUT2D eigenvalue weighted by Gasteiger charge is 2.58. The summed E-state index contributed by atoms with van der Waals surface area (Å²) < 4.78 is 36.9. The molecule has 1 spiro atoms. The SMILES string of the molecule is COc1ccc(C2=CN3C(=O)c4cc(OC)c(OCCCCCOc5cc6c(cc5OC)C(=O)N5CC7(CC7)C[C@H]5[C@H](O)N6C(=O)OCc5ccc(NC(=O)[C@H](C)NC(=O)[C@@H](NC(=O)CNC(=O)CNC(=O)CCC(=O)N6Cc7ccccc7-c7nnn(C)c7-c7ccccc76)C(C)C)cc5)cc4NC[C@@H]3C2)cc1. The summed E-state index contributed by atoms with van der Waals surface area (Å²) in [5.41, 5.74) is 8.68. The molecule has 13 rings (SSSR count). The maximum absolute atomic E-state index is 14.5. The molecule has 6 aromatic carbocycles. The van der Waals surface area contributed by atoms with Gasteiger partial charge in [0.2, 0.25) is 35.4 Å². The van der Waals surface area contributed by atoms with Gasteiger partial charge in [0.1, 0.15) is 30.1 Å². The van der Waals surface area contributed by atoms with Crippen molar-refractivity contribution in [1.82, 2.24) is 46.1 Å². The molecule has 5 atom stereocenters. The number of carbonyl (C=O) groups is 9. The van der Waals surface area contributed by atoms with Gasteiger partial charge in [0.15, 0.2) is 29.2 Å². The third-order valence-corrected chi connectivity index (χ3v) is 20.8. The Morgan fingerprint density at radius 2 is 1.37 bits per heavy atom. The van der Waals surface area contributed by atoms with Crippen LogP contribution in [0.2, 0.25) is 0 Å². The van der Waals surface area contributed by atoms with Gasteiger partial charge in [-0.3, -0.25) is 38.4 Å². The number of fused-ring (bicyclic) bond motifs is 9. The van der Waals surface area contributed by atoms with Gasteiger partial charge in [0.05, 0.1) is 100 Å². The average molecular weight is 1490 g/mol. The molecule has 1 aliphatic carbocycles. The van der Waals surface area contributed by atoms with Crippen molar-refractivity contribution in [3.05, 3.63) is 155 Å². The van der Waals surface area contributed by atoms with E-state index in [4.69, 9.17) is 28.4 Å². The van der Waals surface area contributed by atoms with Gasteiger partial charge in [-0.2, -0.15) is 0 Å². The zero-order valence-electron chi connectivity index (χ0n) is 61.8. The topological polar surface area (TPSA) is 345 Å². The van der Waals surface area contributed by atoms with E-state index in [9.17, 15) is 48.3 Å². The number of aryl methyl sites for hydroxylation is 1. The third kappa shape index (κ3) is 16.5. The van der Waals surface area contributed by atoms with E-state index in [1.807, 2.05) is 85.1 Å². The number of nitrogens with zero attached hydrogens (tertiary/aromatic N) is 7. The van der Waals surface area contributed by atoms with E-state index in [-0.39, 0.29) is 84.5 Å². The maximum atomic E-state index is 14.5. The molecule has 6 aliphatic rings. The molecule has 0 radical (unpaired) electrons. The molecule has 7 aromatic rings. The molecular formula is C80H89N13O16. The van der Waals surface area contributed by atoms with Gasteiger partial charge in [-0.1, -0.05) is 85.8 Å². The van der Waals surface area contributed by atoms with E-state index in [0.29, 0.717) is 97.2 Å². The molecule has 0 unspecified atom stereocenters. The number of carbonyl (C=O) groups excluding carboxylic acids is 9. The minimum absolute atomic E-state index is 0.0774. The Bertz CT molecular complexity index is 4690. The highest BCUT2D eigenvalue weighted by molar-refractivity contribution is 6.07. The fourth-order valence-corrected chi connectivity index (χ4v) is 14.6. The van der Waals surface area contributed by atoms with Crippen molar-refractivity contribution in [3.8, 4) is 51.3 Å². The van der Waals surface area contributed by atoms with Crippen molar-refractivity contribution >= 4 is 81.7 Å². The van der Waals surface area contributed by atoms with Gasteiger partial charge in [0, 0.05) is 68.1 Å². The quantitative estimate of drug-likeness (QED) is 0.0239. The van der Waals surface area contributed by atoms with Crippen LogP contribution >= 0.6 is 0 Å². The van der Waals surface area contributed by atoms with Crippen molar-refractivity contribution in [3.63, 3.8) is 0 Å². The highest BCUT2D eigenvalue weighted by atomic mass is 16.6. The van der Waals surface area contributed by atoms with E-state index in [1.165, 1.54) is 33.3 Å². The Kier molecular flexibility index (Phi) is 22.5. The maximum Gasteiger partial charge on any atom is 0.416 e. The number of anilines is 4. The molecule has 9 amide bonds. The lowest BCUT2D eigenvalue weighted by Crippen LogP contribution is -2.55. The van der Waals surface area contributed by atoms with Crippen LogP contribution < -0.4 is 65.4 Å². The molecule has 1 aromatic heterocycles. The van der Waals surface area contributed by atoms with Crippen molar-refractivity contribution < 1.29 is 76.7 Å². The molecule has 5 aliphatic heterocycles. The van der Waals surface area contributed by atoms with E-state index in [0.717, 1.165) is 57.0 Å². The zero-order chi connectivity index (χ0) is 76.8. The number of hydrogen-bond donors (Lipinski definition) is 7. The minimum Gasteiger partial charge on any atom is -0.497 e. The van der Waals surface area contributed by atoms with Gasteiger partial charge in [-0.05, 0) is 128 Å². The fourth-order valence-electron chi connectivity index (χ4n) is 14.6.